The summed E-state index contributed by atoms with van der Waals surface area (Å²) in [6.45, 7) is 1.53. The Morgan fingerprint density at radius 1 is 1.38 bits per heavy atom. The molecule has 1 amide bonds. The van der Waals surface area contributed by atoms with E-state index in [0.29, 0.717) is 18.0 Å². The minimum atomic E-state index is -1.02. The van der Waals surface area contributed by atoms with Crippen LogP contribution in [-0.4, -0.2) is 38.9 Å². The van der Waals surface area contributed by atoms with Gasteiger partial charge in [-0.15, -0.1) is 12.4 Å². The zero-order valence-electron chi connectivity index (χ0n) is 13.4. The van der Waals surface area contributed by atoms with Crippen molar-refractivity contribution in [2.75, 3.05) is 18.6 Å². The summed E-state index contributed by atoms with van der Waals surface area (Å²) in [5.41, 5.74) is 3.32. The summed E-state index contributed by atoms with van der Waals surface area (Å²) in [5, 5.41) is 13.3. The second kappa shape index (κ2) is 8.41. The monoisotopic (exact) mass is 368 g/mol. The minimum absolute atomic E-state index is 0. The van der Waals surface area contributed by atoms with E-state index in [0.717, 1.165) is 29.8 Å². The van der Waals surface area contributed by atoms with Crippen LogP contribution in [0.3, 0.4) is 0 Å². The largest absolute Gasteiger partial charge is 0.343 e. The number of aromatic nitrogens is 2. The predicted octanol–water partition coefficient (Wildman–Crippen LogP) is 1.33. The molecule has 2 heterocycles. The van der Waals surface area contributed by atoms with Crippen LogP contribution < -0.4 is 10.6 Å². The lowest BCUT2D eigenvalue weighted by molar-refractivity contribution is 0.0934. The number of rotatable bonds is 5. The van der Waals surface area contributed by atoms with Crippen LogP contribution in [0.25, 0.3) is 0 Å². The molecule has 6 nitrogen and oxygen atoms in total. The van der Waals surface area contributed by atoms with Gasteiger partial charge < -0.3 is 10.6 Å². The number of carbonyl (C=O) groups is 1. The third kappa shape index (κ3) is 4.23. The third-order valence-corrected chi connectivity index (χ3v) is 4.73. The van der Waals surface area contributed by atoms with E-state index in [2.05, 4.69) is 20.8 Å². The summed E-state index contributed by atoms with van der Waals surface area (Å²) in [7, 11) is -1.02. The first-order valence-electron chi connectivity index (χ1n) is 7.58. The summed E-state index contributed by atoms with van der Waals surface area (Å²) in [6, 6.07) is 9.30. The van der Waals surface area contributed by atoms with E-state index in [1.54, 1.807) is 6.26 Å². The van der Waals surface area contributed by atoms with Gasteiger partial charge in [0.2, 0.25) is 0 Å². The van der Waals surface area contributed by atoms with Gasteiger partial charge >= 0.3 is 0 Å². The molecule has 0 saturated carbocycles. The van der Waals surface area contributed by atoms with E-state index in [1.807, 2.05) is 30.3 Å². The molecule has 0 radical (unpaired) electrons. The van der Waals surface area contributed by atoms with Gasteiger partial charge in [-0.05, 0) is 5.56 Å². The molecule has 2 aromatic rings. The summed E-state index contributed by atoms with van der Waals surface area (Å²) in [6.07, 6.45) is 2.49. The molecule has 0 saturated heterocycles. The number of amides is 1. The number of carbonyl (C=O) groups excluding carboxylic acids is 1. The first kappa shape index (κ1) is 18.6. The lowest BCUT2D eigenvalue weighted by Gasteiger charge is -2.18. The Hall–Kier alpha value is -1.70. The topological polar surface area (TPSA) is 86.9 Å². The van der Waals surface area contributed by atoms with E-state index >= 15 is 0 Å². The molecular formula is C16H21ClN4O2S. The molecule has 2 unspecified atom stereocenters. The van der Waals surface area contributed by atoms with Gasteiger partial charge in [-0.2, -0.15) is 5.10 Å². The molecule has 1 aromatic heterocycles. The van der Waals surface area contributed by atoms with Gasteiger partial charge in [0.15, 0.2) is 5.69 Å². The van der Waals surface area contributed by atoms with Crippen LogP contribution in [0.4, 0.5) is 0 Å². The Kier molecular flexibility index (Phi) is 6.53. The average Bonchev–Trinajstić information content (AvgIpc) is 2.99. The van der Waals surface area contributed by atoms with E-state index in [-0.39, 0.29) is 24.4 Å². The molecule has 0 fully saturated rings. The maximum Gasteiger partial charge on any atom is 0.272 e. The minimum Gasteiger partial charge on any atom is -0.343 e. The SMILES string of the molecule is CS(=O)CC(NC(=O)c1n[nH]c2c1CNCC2)c1ccccc1.Cl. The fourth-order valence-corrected chi connectivity index (χ4v) is 3.53. The lowest BCUT2D eigenvalue weighted by atomic mass is 10.1. The van der Waals surface area contributed by atoms with E-state index in [4.69, 9.17) is 0 Å². The highest BCUT2D eigenvalue weighted by atomic mass is 35.5. The van der Waals surface area contributed by atoms with E-state index in [9.17, 15) is 9.00 Å². The number of nitrogens with one attached hydrogen (secondary N) is 3. The van der Waals surface area contributed by atoms with E-state index < -0.39 is 10.8 Å². The van der Waals surface area contributed by atoms with Crippen LogP contribution in [0.5, 0.6) is 0 Å². The smallest absolute Gasteiger partial charge is 0.272 e. The van der Waals surface area contributed by atoms with Crippen LogP contribution >= 0.6 is 12.4 Å². The highest BCUT2D eigenvalue weighted by molar-refractivity contribution is 7.84. The van der Waals surface area contributed by atoms with Gasteiger partial charge in [0.25, 0.3) is 5.91 Å². The summed E-state index contributed by atoms with van der Waals surface area (Å²) >= 11 is 0. The second-order valence-electron chi connectivity index (χ2n) is 5.63. The number of hydrogen-bond donors (Lipinski definition) is 3. The second-order valence-corrected chi connectivity index (χ2v) is 7.11. The Bertz CT molecular complexity index is 720. The van der Waals surface area contributed by atoms with Crippen molar-refractivity contribution in [3.05, 3.63) is 52.8 Å². The maximum atomic E-state index is 12.6. The van der Waals surface area contributed by atoms with Crippen molar-refractivity contribution in [3.8, 4) is 0 Å². The predicted molar refractivity (Wildman–Crippen MR) is 96.8 cm³/mol. The van der Waals surface area contributed by atoms with Crippen LogP contribution in [0, 0.1) is 0 Å². The molecule has 130 valence electrons. The fourth-order valence-electron chi connectivity index (χ4n) is 2.78. The van der Waals surface area contributed by atoms with Gasteiger partial charge in [-0.1, -0.05) is 30.3 Å². The van der Waals surface area contributed by atoms with Gasteiger partial charge in [0.05, 0.1) is 6.04 Å². The molecule has 24 heavy (non-hydrogen) atoms. The number of halogens is 1. The average molecular weight is 369 g/mol. The number of benzene rings is 1. The summed E-state index contributed by atoms with van der Waals surface area (Å²) < 4.78 is 11.7. The van der Waals surface area contributed by atoms with Gasteiger partial charge in [-0.25, -0.2) is 0 Å². The molecule has 2 atom stereocenters. The van der Waals surface area contributed by atoms with Crippen molar-refractivity contribution in [2.45, 2.75) is 19.0 Å². The van der Waals surface area contributed by atoms with Crippen molar-refractivity contribution < 1.29 is 9.00 Å². The first-order valence-corrected chi connectivity index (χ1v) is 9.30. The summed E-state index contributed by atoms with van der Waals surface area (Å²) in [4.78, 5) is 12.6. The molecule has 3 N–H and O–H groups in total. The standard InChI is InChI=1S/C16H20N4O2S.ClH/c1-23(22)10-14(11-5-3-2-4-6-11)18-16(21)15-12-9-17-8-7-13(12)19-20-15;/h2-6,14,17H,7-10H2,1H3,(H,18,21)(H,19,20);1H. The molecular weight excluding hydrogens is 348 g/mol. The molecule has 0 bridgehead atoms. The molecule has 0 spiro atoms. The Balaban J connectivity index is 0.00000208. The van der Waals surface area contributed by atoms with Crippen LogP contribution in [0.1, 0.15) is 33.4 Å². The number of nitrogens with zero attached hydrogens (tertiary/aromatic N) is 1. The van der Waals surface area contributed by atoms with Gasteiger partial charge in [-0.3, -0.25) is 14.1 Å². The third-order valence-electron chi connectivity index (χ3n) is 3.93. The van der Waals surface area contributed by atoms with Crippen molar-refractivity contribution in [1.29, 1.82) is 0 Å². The van der Waals surface area contributed by atoms with Crippen molar-refractivity contribution in [2.24, 2.45) is 0 Å². The van der Waals surface area contributed by atoms with E-state index in [1.165, 1.54) is 0 Å². The highest BCUT2D eigenvalue weighted by Crippen LogP contribution is 2.18. The van der Waals surface area contributed by atoms with Crippen molar-refractivity contribution in [1.82, 2.24) is 20.8 Å². The normalized spacial score (nSPS) is 15.7. The first-order chi connectivity index (χ1) is 11.1. The quantitative estimate of drug-likeness (QED) is 0.743. The maximum absolute atomic E-state index is 12.6. The Labute approximate surface area is 149 Å². The summed E-state index contributed by atoms with van der Waals surface area (Å²) in [5.74, 6) is 0.145. The van der Waals surface area contributed by atoms with Crippen molar-refractivity contribution in [3.63, 3.8) is 0 Å². The number of hydrogen-bond acceptors (Lipinski definition) is 4. The molecule has 0 aliphatic carbocycles. The van der Waals surface area contributed by atoms with Crippen molar-refractivity contribution >= 4 is 29.1 Å². The van der Waals surface area contributed by atoms with Gasteiger partial charge in [0.1, 0.15) is 0 Å². The fraction of sp³-hybridized carbons (Fsp3) is 0.375. The lowest BCUT2D eigenvalue weighted by Crippen LogP contribution is -2.33. The zero-order chi connectivity index (χ0) is 16.2. The molecule has 3 rings (SSSR count). The highest BCUT2D eigenvalue weighted by Gasteiger charge is 2.24. The number of H-pyrrole nitrogens is 1. The van der Waals surface area contributed by atoms with Crippen LogP contribution in [0.2, 0.25) is 0 Å². The number of aromatic amines is 1. The molecule has 1 aliphatic heterocycles. The Morgan fingerprint density at radius 3 is 2.83 bits per heavy atom. The molecule has 1 aromatic carbocycles. The van der Waals surface area contributed by atoms with Crippen LogP contribution in [-0.2, 0) is 23.8 Å². The number of fused-ring (bicyclic) bond motifs is 1. The molecule has 1 aliphatic rings. The van der Waals surface area contributed by atoms with Gasteiger partial charge in [0, 0.05) is 53.6 Å². The zero-order valence-corrected chi connectivity index (χ0v) is 15.0. The van der Waals surface area contributed by atoms with Crippen LogP contribution in [0.15, 0.2) is 30.3 Å². The molecule has 8 heteroatoms. The Morgan fingerprint density at radius 2 is 2.12 bits per heavy atom.